The van der Waals surface area contributed by atoms with Gasteiger partial charge >= 0.3 is 5.97 Å². The Hall–Kier alpha value is -2.69. The maximum atomic E-state index is 11.5. The number of carboxylic acids is 1. The number of aryl methyl sites for hydroxylation is 1. The maximum Gasteiger partial charge on any atom is 0.340 e. The van der Waals surface area contributed by atoms with Crippen LogP contribution >= 0.6 is 0 Å². The number of aromatic carboxylic acids is 1. The van der Waals surface area contributed by atoms with E-state index in [-0.39, 0.29) is 5.56 Å². The van der Waals surface area contributed by atoms with Gasteiger partial charge in [0.25, 0.3) is 0 Å². The molecule has 0 bridgehead atoms. The molecule has 0 aliphatic heterocycles. The van der Waals surface area contributed by atoms with Gasteiger partial charge < -0.3 is 5.11 Å². The van der Waals surface area contributed by atoms with Gasteiger partial charge in [0.1, 0.15) is 11.3 Å². The van der Waals surface area contributed by atoms with Crippen molar-refractivity contribution in [3.63, 3.8) is 0 Å². The summed E-state index contributed by atoms with van der Waals surface area (Å²) in [5, 5.41) is 13.8. The van der Waals surface area contributed by atoms with Crippen molar-refractivity contribution in [2.75, 3.05) is 0 Å². The number of aromatic nitrogens is 3. The van der Waals surface area contributed by atoms with Gasteiger partial charge in [0.2, 0.25) is 0 Å². The van der Waals surface area contributed by atoms with Gasteiger partial charge in [-0.2, -0.15) is 5.10 Å². The Labute approximate surface area is 115 Å². The Balaban J connectivity index is 2.29. The summed E-state index contributed by atoms with van der Waals surface area (Å²) in [5.74, 6) is -0.995. The average Bonchev–Trinajstić information content (AvgIpc) is 2.87. The first kappa shape index (κ1) is 12.3. The lowest BCUT2D eigenvalue weighted by atomic mass is 10.1. The Morgan fingerprint density at radius 1 is 1.25 bits per heavy atom. The molecule has 5 nitrogen and oxygen atoms in total. The van der Waals surface area contributed by atoms with Crippen molar-refractivity contribution >= 4 is 11.5 Å². The minimum absolute atomic E-state index is 0.186. The van der Waals surface area contributed by atoms with Crippen molar-refractivity contribution in [1.82, 2.24) is 14.6 Å². The van der Waals surface area contributed by atoms with E-state index < -0.39 is 5.97 Å². The van der Waals surface area contributed by atoms with Crippen LogP contribution in [0.15, 0.2) is 42.6 Å². The van der Waals surface area contributed by atoms with E-state index in [9.17, 15) is 9.90 Å². The minimum atomic E-state index is -0.995. The highest BCUT2D eigenvalue weighted by atomic mass is 16.4. The van der Waals surface area contributed by atoms with E-state index >= 15 is 0 Å². The molecule has 0 saturated carbocycles. The Morgan fingerprint density at radius 2 is 2.10 bits per heavy atom. The molecule has 0 aliphatic carbocycles. The molecule has 20 heavy (non-hydrogen) atoms. The van der Waals surface area contributed by atoms with E-state index in [0.29, 0.717) is 16.9 Å². The second-order valence-corrected chi connectivity index (χ2v) is 4.43. The Morgan fingerprint density at radius 3 is 2.85 bits per heavy atom. The molecular weight excluding hydrogens is 254 g/mol. The number of pyridine rings is 2. The summed E-state index contributed by atoms with van der Waals surface area (Å²) in [6.45, 7) is 2.01. The molecule has 0 amide bonds. The zero-order chi connectivity index (χ0) is 14.1. The van der Waals surface area contributed by atoms with Gasteiger partial charge in [0.15, 0.2) is 0 Å². The van der Waals surface area contributed by atoms with Crippen molar-refractivity contribution in [1.29, 1.82) is 0 Å². The van der Waals surface area contributed by atoms with Crippen LogP contribution in [0.3, 0.4) is 0 Å². The third-order valence-corrected chi connectivity index (χ3v) is 3.17. The van der Waals surface area contributed by atoms with Crippen LogP contribution in [0.5, 0.6) is 0 Å². The second kappa shape index (κ2) is 4.77. The van der Waals surface area contributed by atoms with Crippen molar-refractivity contribution in [3.8, 4) is 11.4 Å². The number of carbonyl (C=O) groups is 1. The smallest absolute Gasteiger partial charge is 0.340 e. The highest BCUT2D eigenvalue weighted by Crippen LogP contribution is 2.25. The lowest BCUT2D eigenvalue weighted by Crippen LogP contribution is -1.99. The summed E-state index contributed by atoms with van der Waals surface area (Å²) in [5.41, 5.74) is 2.66. The van der Waals surface area contributed by atoms with Gasteiger partial charge in [-0.15, -0.1) is 0 Å². The molecule has 0 aromatic carbocycles. The summed E-state index contributed by atoms with van der Waals surface area (Å²) in [4.78, 5) is 16.0. The molecule has 0 fully saturated rings. The van der Waals surface area contributed by atoms with Crippen LogP contribution in [0.25, 0.3) is 16.9 Å². The topological polar surface area (TPSA) is 67.5 Å². The first-order valence-electron chi connectivity index (χ1n) is 6.37. The number of rotatable bonds is 3. The molecule has 3 aromatic rings. The fourth-order valence-electron chi connectivity index (χ4n) is 2.20. The first-order valence-corrected chi connectivity index (χ1v) is 6.37. The number of carboxylic acid groups (broad SMARTS) is 1. The number of nitrogens with zero attached hydrogens (tertiary/aromatic N) is 3. The number of fused-ring (bicyclic) bond motifs is 1. The molecular formula is C15H13N3O2. The van der Waals surface area contributed by atoms with Crippen molar-refractivity contribution in [2.24, 2.45) is 0 Å². The van der Waals surface area contributed by atoms with Gasteiger partial charge in [0.05, 0.1) is 11.2 Å². The van der Waals surface area contributed by atoms with Crippen molar-refractivity contribution in [2.45, 2.75) is 13.3 Å². The van der Waals surface area contributed by atoms with Crippen LogP contribution in [0.4, 0.5) is 0 Å². The lowest BCUT2D eigenvalue weighted by Gasteiger charge is -2.01. The predicted octanol–water partition coefficient (Wildman–Crippen LogP) is 2.66. The van der Waals surface area contributed by atoms with Crippen LogP contribution in [-0.4, -0.2) is 25.7 Å². The quantitative estimate of drug-likeness (QED) is 0.792. The Kier molecular flexibility index (Phi) is 2.95. The van der Waals surface area contributed by atoms with Crippen LogP contribution in [0.1, 0.15) is 23.0 Å². The maximum absolute atomic E-state index is 11.5. The van der Waals surface area contributed by atoms with E-state index in [0.717, 1.165) is 12.1 Å². The summed E-state index contributed by atoms with van der Waals surface area (Å²) in [6, 6.07) is 10.9. The fourth-order valence-corrected chi connectivity index (χ4v) is 2.20. The third kappa shape index (κ3) is 1.93. The molecule has 0 atom stereocenters. The molecule has 5 heteroatoms. The molecule has 0 spiro atoms. The highest BCUT2D eigenvalue weighted by Gasteiger charge is 2.20. The minimum Gasteiger partial charge on any atom is -0.478 e. The molecule has 1 N–H and O–H groups in total. The van der Waals surface area contributed by atoms with E-state index in [2.05, 4.69) is 10.1 Å². The molecule has 0 unspecified atom stereocenters. The standard InChI is InChI=1S/C15H13N3O2/c1-2-10-6-5-7-11(16-10)14-13(15(19)20)12-8-3-4-9-18(12)17-14/h3-9H,2H2,1H3,(H,19,20). The molecule has 3 rings (SSSR count). The van der Waals surface area contributed by atoms with Crippen molar-refractivity contribution < 1.29 is 9.90 Å². The number of hydrogen-bond acceptors (Lipinski definition) is 3. The van der Waals surface area contributed by atoms with Gasteiger partial charge in [-0.05, 0) is 30.7 Å². The van der Waals surface area contributed by atoms with E-state index in [1.54, 1.807) is 28.9 Å². The summed E-state index contributed by atoms with van der Waals surface area (Å²) in [7, 11) is 0. The monoisotopic (exact) mass is 267 g/mol. The molecule has 100 valence electrons. The Bertz CT molecular complexity index is 793. The van der Waals surface area contributed by atoms with Crippen LogP contribution in [0, 0.1) is 0 Å². The second-order valence-electron chi connectivity index (χ2n) is 4.43. The summed E-state index contributed by atoms with van der Waals surface area (Å²) in [6.07, 6.45) is 2.53. The molecule has 3 aromatic heterocycles. The zero-order valence-corrected chi connectivity index (χ0v) is 10.9. The van der Waals surface area contributed by atoms with Gasteiger partial charge in [-0.1, -0.05) is 19.1 Å². The van der Waals surface area contributed by atoms with Crippen molar-refractivity contribution in [3.05, 3.63) is 53.9 Å². The van der Waals surface area contributed by atoms with Gasteiger partial charge in [-0.3, -0.25) is 4.98 Å². The van der Waals surface area contributed by atoms with Gasteiger partial charge in [-0.25, -0.2) is 9.31 Å². The summed E-state index contributed by atoms with van der Waals surface area (Å²) < 4.78 is 1.57. The molecule has 0 saturated heterocycles. The third-order valence-electron chi connectivity index (χ3n) is 3.17. The molecule has 0 radical (unpaired) electrons. The predicted molar refractivity (Wildman–Crippen MR) is 74.8 cm³/mol. The first-order chi connectivity index (χ1) is 9.70. The van der Waals surface area contributed by atoms with Crippen LogP contribution in [0.2, 0.25) is 0 Å². The lowest BCUT2D eigenvalue weighted by molar-refractivity contribution is 0.0700. The zero-order valence-electron chi connectivity index (χ0n) is 10.9. The summed E-state index contributed by atoms with van der Waals surface area (Å²) >= 11 is 0. The molecule has 0 aliphatic rings. The highest BCUT2D eigenvalue weighted by molar-refractivity contribution is 6.01. The van der Waals surface area contributed by atoms with Crippen LogP contribution < -0.4 is 0 Å². The normalized spacial score (nSPS) is 10.8. The van der Waals surface area contributed by atoms with E-state index in [1.165, 1.54) is 0 Å². The largest absolute Gasteiger partial charge is 0.478 e. The van der Waals surface area contributed by atoms with Gasteiger partial charge in [0, 0.05) is 11.9 Å². The number of hydrogen-bond donors (Lipinski definition) is 1. The van der Waals surface area contributed by atoms with E-state index in [1.807, 2.05) is 25.1 Å². The SMILES string of the molecule is CCc1cccc(-c2nn3ccccc3c2C(=O)O)n1. The fraction of sp³-hybridized carbons (Fsp3) is 0.133. The van der Waals surface area contributed by atoms with E-state index in [4.69, 9.17) is 0 Å². The molecule has 3 heterocycles. The van der Waals surface area contributed by atoms with Crippen LogP contribution in [-0.2, 0) is 6.42 Å². The average molecular weight is 267 g/mol.